The molecule has 0 radical (unpaired) electrons. The van der Waals surface area contributed by atoms with E-state index >= 15 is 0 Å². The Morgan fingerprint density at radius 1 is 0.393 bits per heavy atom. The zero-order chi connectivity index (χ0) is 40.3. The highest BCUT2D eigenvalue weighted by molar-refractivity contribution is 7.25. The van der Waals surface area contributed by atoms with Crippen molar-refractivity contribution in [1.29, 1.82) is 0 Å². The predicted molar refractivity (Wildman–Crippen MR) is 263 cm³/mol. The Labute approximate surface area is 359 Å². The lowest BCUT2D eigenvalue weighted by Gasteiger charge is -2.26. The van der Waals surface area contributed by atoms with Crippen LogP contribution in [0.5, 0.6) is 0 Å². The van der Waals surface area contributed by atoms with Gasteiger partial charge in [0.1, 0.15) is 0 Å². The molecule has 61 heavy (non-hydrogen) atoms. The summed E-state index contributed by atoms with van der Waals surface area (Å²) >= 11 is 1.86. The number of fused-ring (bicyclic) bond motifs is 7. The summed E-state index contributed by atoms with van der Waals surface area (Å²) in [6, 6.07) is 73.9. The SMILES string of the molecule is C1=CC(c2ccc(-n3c4ccccc4c4ccc(-c5cccc(-c6cccc(N(c7ccc8ccccc8c7)c7ccc8c(c7)sc7ccccc78)c6)c5)cc43)cc2)=CCC1. The summed E-state index contributed by atoms with van der Waals surface area (Å²) in [6.45, 7) is 0. The van der Waals surface area contributed by atoms with Gasteiger partial charge in [-0.3, -0.25) is 0 Å². The monoisotopic (exact) mass is 796 g/mol. The van der Waals surface area contributed by atoms with Crippen LogP contribution in [0.4, 0.5) is 17.1 Å². The predicted octanol–water partition coefficient (Wildman–Crippen LogP) is 16.8. The number of thiophene rings is 1. The van der Waals surface area contributed by atoms with Crippen LogP contribution in [0.2, 0.25) is 0 Å². The molecule has 0 amide bonds. The summed E-state index contributed by atoms with van der Waals surface area (Å²) in [6.07, 6.45) is 9.10. The van der Waals surface area contributed by atoms with E-state index in [1.165, 1.54) is 91.8 Å². The number of anilines is 3. The maximum absolute atomic E-state index is 2.42. The summed E-state index contributed by atoms with van der Waals surface area (Å²) < 4.78 is 5.03. The molecule has 0 aliphatic heterocycles. The Balaban J connectivity index is 0.947. The number of aromatic nitrogens is 1. The van der Waals surface area contributed by atoms with Crippen molar-refractivity contribution in [3.63, 3.8) is 0 Å². The Kier molecular flexibility index (Phi) is 8.53. The molecule has 2 aromatic heterocycles. The number of hydrogen-bond donors (Lipinski definition) is 0. The molecule has 0 fully saturated rings. The number of para-hydroxylation sites is 1. The fourth-order valence-electron chi connectivity index (χ4n) is 9.38. The van der Waals surface area contributed by atoms with Gasteiger partial charge >= 0.3 is 0 Å². The number of benzene rings is 9. The van der Waals surface area contributed by atoms with Crippen molar-refractivity contribution < 1.29 is 0 Å². The Hall–Kier alpha value is -7.46. The molecule has 0 saturated carbocycles. The van der Waals surface area contributed by atoms with Crippen molar-refractivity contribution in [3.05, 3.63) is 224 Å². The van der Waals surface area contributed by atoms with Crippen LogP contribution in [0.15, 0.2) is 218 Å². The first-order valence-corrected chi connectivity index (χ1v) is 22.0. The highest BCUT2D eigenvalue weighted by atomic mass is 32.1. The number of allylic oxidation sites excluding steroid dienone is 4. The van der Waals surface area contributed by atoms with Crippen LogP contribution in [-0.4, -0.2) is 4.57 Å². The zero-order valence-electron chi connectivity index (χ0n) is 33.5. The molecule has 0 unspecified atom stereocenters. The smallest absolute Gasteiger partial charge is 0.0547 e. The van der Waals surface area contributed by atoms with Crippen LogP contribution in [-0.2, 0) is 0 Å². The first-order chi connectivity index (χ1) is 30.2. The Bertz CT molecular complexity index is 3540. The van der Waals surface area contributed by atoms with Crippen molar-refractivity contribution in [2.24, 2.45) is 0 Å². The van der Waals surface area contributed by atoms with E-state index in [0.717, 1.165) is 29.9 Å². The van der Waals surface area contributed by atoms with Crippen LogP contribution in [0.3, 0.4) is 0 Å². The van der Waals surface area contributed by atoms with Crippen molar-refractivity contribution in [2.45, 2.75) is 12.8 Å². The molecule has 2 heterocycles. The van der Waals surface area contributed by atoms with E-state index < -0.39 is 0 Å². The molecule has 0 bridgehead atoms. The second-order valence-electron chi connectivity index (χ2n) is 16.0. The Morgan fingerprint density at radius 3 is 1.89 bits per heavy atom. The Morgan fingerprint density at radius 2 is 1.03 bits per heavy atom. The first kappa shape index (κ1) is 35.5. The van der Waals surface area contributed by atoms with E-state index in [2.05, 4.69) is 228 Å². The van der Waals surface area contributed by atoms with Crippen LogP contribution >= 0.6 is 11.3 Å². The fraction of sp³-hybridized carbons (Fsp3) is 0.0345. The minimum atomic E-state index is 1.10. The van der Waals surface area contributed by atoms with Gasteiger partial charge in [0, 0.05) is 53.7 Å². The molecule has 0 N–H and O–H groups in total. The molecule has 3 heteroatoms. The summed E-state index contributed by atoms with van der Waals surface area (Å²) in [4.78, 5) is 2.41. The third kappa shape index (κ3) is 6.25. The lowest BCUT2D eigenvalue weighted by atomic mass is 9.97. The molecule has 11 aromatic rings. The number of hydrogen-bond acceptors (Lipinski definition) is 2. The van der Waals surface area contributed by atoms with Crippen molar-refractivity contribution in [1.82, 2.24) is 4.57 Å². The third-order valence-corrected chi connectivity index (χ3v) is 13.5. The standard InChI is InChI=1S/C58H40N2S/c1-2-12-39(13-3-1)41-24-28-47(29-25-41)60-55-22-8-6-20-51(55)52-32-27-46(37-56(52)60)43-17-10-16-42(34-43)45-18-11-19-48(36-45)59(49-30-26-40-14-4-5-15-44(40)35-49)50-31-33-54-53-21-7-9-23-57(53)61-58(54)38-50/h2,4-38H,1,3H2. The summed E-state index contributed by atoms with van der Waals surface area (Å²) in [5.74, 6) is 0. The molecule has 12 rings (SSSR count). The van der Waals surface area contributed by atoms with Gasteiger partial charge < -0.3 is 9.47 Å². The van der Waals surface area contributed by atoms with Gasteiger partial charge in [0.2, 0.25) is 0 Å². The third-order valence-electron chi connectivity index (χ3n) is 12.4. The largest absolute Gasteiger partial charge is 0.310 e. The van der Waals surface area contributed by atoms with Gasteiger partial charge in [-0.2, -0.15) is 0 Å². The highest BCUT2D eigenvalue weighted by Gasteiger charge is 2.18. The topological polar surface area (TPSA) is 8.17 Å². The molecular formula is C58H40N2S. The lowest BCUT2D eigenvalue weighted by molar-refractivity contribution is 1.04. The zero-order valence-corrected chi connectivity index (χ0v) is 34.3. The maximum atomic E-state index is 2.42. The van der Waals surface area contributed by atoms with E-state index in [0.29, 0.717) is 0 Å². The van der Waals surface area contributed by atoms with E-state index in [-0.39, 0.29) is 0 Å². The molecule has 0 spiro atoms. The van der Waals surface area contributed by atoms with E-state index in [1.54, 1.807) is 0 Å². The van der Waals surface area contributed by atoms with Gasteiger partial charge in [-0.1, -0.05) is 146 Å². The summed E-state index contributed by atoms with van der Waals surface area (Å²) in [5, 5.41) is 7.59. The van der Waals surface area contributed by atoms with Gasteiger partial charge in [-0.25, -0.2) is 0 Å². The minimum absolute atomic E-state index is 1.10. The van der Waals surface area contributed by atoms with E-state index in [4.69, 9.17) is 0 Å². The molecule has 2 nitrogen and oxygen atoms in total. The van der Waals surface area contributed by atoms with E-state index in [9.17, 15) is 0 Å². The van der Waals surface area contributed by atoms with Crippen LogP contribution in [0, 0.1) is 0 Å². The molecule has 1 aliphatic carbocycles. The number of nitrogens with zero attached hydrogens (tertiary/aromatic N) is 2. The van der Waals surface area contributed by atoms with Gasteiger partial charge in [-0.15, -0.1) is 11.3 Å². The van der Waals surface area contributed by atoms with Crippen LogP contribution in [0.25, 0.3) is 86.3 Å². The molecular weight excluding hydrogens is 757 g/mol. The second kappa shape index (κ2) is 14.7. The van der Waals surface area contributed by atoms with Crippen molar-refractivity contribution in [2.75, 3.05) is 4.90 Å². The molecule has 1 aliphatic rings. The molecule has 0 saturated heterocycles. The quantitative estimate of drug-likeness (QED) is 0.156. The van der Waals surface area contributed by atoms with Crippen molar-refractivity contribution >= 4 is 86.7 Å². The van der Waals surface area contributed by atoms with Crippen LogP contribution < -0.4 is 4.90 Å². The van der Waals surface area contributed by atoms with E-state index in [1.807, 2.05) is 11.3 Å². The molecule has 0 atom stereocenters. The fourth-order valence-corrected chi connectivity index (χ4v) is 10.5. The van der Waals surface area contributed by atoms with Gasteiger partial charge in [0.05, 0.1) is 11.0 Å². The average molecular weight is 797 g/mol. The van der Waals surface area contributed by atoms with Crippen LogP contribution in [0.1, 0.15) is 18.4 Å². The average Bonchev–Trinajstić information content (AvgIpc) is 3.87. The minimum Gasteiger partial charge on any atom is -0.310 e. The summed E-state index contributed by atoms with van der Waals surface area (Å²) in [5.41, 5.74) is 14.3. The second-order valence-corrected chi connectivity index (χ2v) is 17.1. The van der Waals surface area contributed by atoms with Crippen molar-refractivity contribution in [3.8, 4) is 27.9 Å². The maximum Gasteiger partial charge on any atom is 0.0547 e. The highest BCUT2D eigenvalue weighted by Crippen LogP contribution is 2.43. The molecule has 9 aromatic carbocycles. The van der Waals surface area contributed by atoms with Gasteiger partial charge in [0.15, 0.2) is 0 Å². The molecule has 288 valence electrons. The number of rotatable bonds is 7. The first-order valence-electron chi connectivity index (χ1n) is 21.1. The summed E-state index contributed by atoms with van der Waals surface area (Å²) in [7, 11) is 0. The lowest BCUT2D eigenvalue weighted by Crippen LogP contribution is -2.10. The normalized spacial score (nSPS) is 12.8. The van der Waals surface area contributed by atoms with Gasteiger partial charge in [-0.05, 0) is 130 Å². The van der Waals surface area contributed by atoms with Gasteiger partial charge in [0.25, 0.3) is 0 Å².